The minimum absolute atomic E-state index is 0.0348. The Hall–Kier alpha value is -1.22. The molecule has 1 fully saturated rings. The summed E-state index contributed by atoms with van der Waals surface area (Å²) in [7, 11) is 0.363. The molecule has 0 aromatic heterocycles. The van der Waals surface area contributed by atoms with Gasteiger partial charge in [-0.05, 0) is 31.1 Å². The third-order valence-electron chi connectivity index (χ3n) is 8.54. The summed E-state index contributed by atoms with van der Waals surface area (Å²) in [5, 5.41) is 8.93. The number of nitrogens with zero attached hydrogens (tertiary/aromatic N) is 2. The molecule has 0 bridgehead atoms. The standard InChI is InChI=1S/C35H65N2O5P/c1-30(2)35(31(3)4)43(41-28-22-26-36)42-32-25-27-37(29-32)33(38)23-20-18-16-14-12-10-8-6-7-9-11-13-15-17-19-21-24-34(39)40-5/h30-32,35H,6-25,27-29H2,1-5H3/t32-,43?/m0/s1. The number of carbonyl (C=O) groups is 2. The number of nitriles is 1. The molecule has 0 aromatic rings. The van der Waals surface area contributed by atoms with Crippen molar-refractivity contribution in [2.24, 2.45) is 11.8 Å². The minimum Gasteiger partial charge on any atom is -0.469 e. The molecule has 7 nitrogen and oxygen atoms in total. The van der Waals surface area contributed by atoms with Crippen LogP contribution in [0.5, 0.6) is 0 Å². The Labute approximate surface area is 266 Å². The number of amides is 1. The first-order valence-corrected chi connectivity index (χ1v) is 18.8. The van der Waals surface area contributed by atoms with Gasteiger partial charge in [0.25, 0.3) is 0 Å². The van der Waals surface area contributed by atoms with Crippen molar-refractivity contribution < 1.29 is 23.4 Å². The molecule has 0 saturated carbocycles. The Bertz CT molecular complexity index is 749. The van der Waals surface area contributed by atoms with Gasteiger partial charge in [-0.2, -0.15) is 5.26 Å². The number of ether oxygens (including phenoxy) is 1. The van der Waals surface area contributed by atoms with Gasteiger partial charge in [-0.1, -0.05) is 118 Å². The Morgan fingerprint density at radius 3 is 1.70 bits per heavy atom. The van der Waals surface area contributed by atoms with Gasteiger partial charge in [-0.25, -0.2) is 0 Å². The molecule has 2 atom stereocenters. The summed E-state index contributed by atoms with van der Waals surface area (Å²) >= 11 is 0. The fourth-order valence-corrected chi connectivity index (χ4v) is 8.18. The number of unbranched alkanes of at least 4 members (excludes halogenated alkanes) is 15. The maximum absolute atomic E-state index is 12.8. The lowest BCUT2D eigenvalue weighted by atomic mass is 10.00. The SMILES string of the molecule is COC(=O)CCCCCCCCCCCCCCCCCCC(=O)N1CC[C@H](OP(OCCC#N)C(C(C)C)C(C)C)C1. The second kappa shape index (κ2) is 26.0. The highest BCUT2D eigenvalue weighted by molar-refractivity contribution is 7.48. The van der Waals surface area contributed by atoms with E-state index in [-0.39, 0.29) is 18.0 Å². The molecule has 1 amide bonds. The minimum atomic E-state index is -1.10. The molecule has 1 unspecified atom stereocenters. The molecule has 1 aliphatic rings. The van der Waals surface area contributed by atoms with Gasteiger partial charge in [0, 0.05) is 31.6 Å². The Morgan fingerprint density at radius 1 is 0.791 bits per heavy atom. The Kier molecular flexibility index (Phi) is 24.1. The summed E-state index contributed by atoms with van der Waals surface area (Å²) in [6.07, 6.45) is 22.5. The Morgan fingerprint density at radius 2 is 1.26 bits per heavy atom. The van der Waals surface area contributed by atoms with Crippen molar-refractivity contribution in [2.75, 3.05) is 26.8 Å². The Balaban J connectivity index is 2.04. The highest BCUT2D eigenvalue weighted by Gasteiger charge is 2.35. The number of hydrogen-bond donors (Lipinski definition) is 0. The smallest absolute Gasteiger partial charge is 0.305 e. The monoisotopic (exact) mass is 624 g/mol. The van der Waals surface area contributed by atoms with Gasteiger partial charge in [-0.3, -0.25) is 9.59 Å². The van der Waals surface area contributed by atoms with Crippen LogP contribution in [0.1, 0.15) is 156 Å². The van der Waals surface area contributed by atoms with E-state index in [0.29, 0.717) is 49.9 Å². The summed E-state index contributed by atoms with van der Waals surface area (Å²) in [6, 6.07) is 2.16. The molecular formula is C35H65N2O5P. The first-order valence-electron chi connectivity index (χ1n) is 17.6. The number of likely N-dealkylation sites (tertiary alicyclic amines) is 1. The maximum Gasteiger partial charge on any atom is 0.305 e. The van der Waals surface area contributed by atoms with Crippen molar-refractivity contribution in [1.29, 1.82) is 5.26 Å². The molecule has 1 rings (SSSR count). The van der Waals surface area contributed by atoms with Crippen LogP contribution >= 0.6 is 8.38 Å². The predicted octanol–water partition coefficient (Wildman–Crippen LogP) is 9.72. The molecule has 0 spiro atoms. The summed E-state index contributed by atoms with van der Waals surface area (Å²) in [5.74, 6) is 1.06. The van der Waals surface area contributed by atoms with Gasteiger partial charge in [0.1, 0.15) is 0 Å². The van der Waals surface area contributed by atoms with Gasteiger partial charge < -0.3 is 18.7 Å². The molecule has 0 N–H and O–H groups in total. The molecule has 1 saturated heterocycles. The first kappa shape index (κ1) is 39.8. The third-order valence-corrected chi connectivity index (χ3v) is 11.2. The van der Waals surface area contributed by atoms with Crippen molar-refractivity contribution in [1.82, 2.24) is 4.90 Å². The number of hydrogen-bond acceptors (Lipinski definition) is 6. The van der Waals surface area contributed by atoms with Crippen LogP contribution in [0.25, 0.3) is 0 Å². The zero-order valence-electron chi connectivity index (χ0n) is 28.5. The molecule has 250 valence electrons. The van der Waals surface area contributed by atoms with Crippen molar-refractivity contribution in [3.8, 4) is 6.07 Å². The van der Waals surface area contributed by atoms with Crippen molar-refractivity contribution in [2.45, 2.75) is 168 Å². The summed E-state index contributed by atoms with van der Waals surface area (Å²) in [4.78, 5) is 25.9. The second-order valence-electron chi connectivity index (χ2n) is 13.1. The van der Waals surface area contributed by atoms with E-state index in [0.717, 1.165) is 38.6 Å². The largest absolute Gasteiger partial charge is 0.469 e. The zero-order valence-corrected chi connectivity index (χ0v) is 29.4. The lowest BCUT2D eigenvalue weighted by Crippen LogP contribution is -2.30. The van der Waals surface area contributed by atoms with Crippen LogP contribution in [0.15, 0.2) is 0 Å². The van der Waals surface area contributed by atoms with Crippen LogP contribution in [0.4, 0.5) is 0 Å². The number of rotatable bonds is 27. The zero-order chi connectivity index (χ0) is 31.7. The quantitative estimate of drug-likeness (QED) is 0.0513. The van der Waals surface area contributed by atoms with Crippen LogP contribution in [-0.4, -0.2) is 55.3 Å². The lowest BCUT2D eigenvalue weighted by molar-refractivity contribution is -0.140. The van der Waals surface area contributed by atoms with E-state index < -0.39 is 8.38 Å². The predicted molar refractivity (Wildman–Crippen MR) is 178 cm³/mol. The number of carbonyl (C=O) groups excluding carboxylic acids is 2. The van der Waals surface area contributed by atoms with Gasteiger partial charge in [-0.15, -0.1) is 0 Å². The van der Waals surface area contributed by atoms with E-state index in [1.54, 1.807) is 0 Å². The van der Waals surface area contributed by atoms with Crippen LogP contribution in [0.3, 0.4) is 0 Å². The molecule has 0 radical (unpaired) electrons. The van der Waals surface area contributed by atoms with Gasteiger partial charge >= 0.3 is 5.97 Å². The van der Waals surface area contributed by atoms with Crippen molar-refractivity contribution >= 4 is 20.3 Å². The van der Waals surface area contributed by atoms with Crippen molar-refractivity contribution in [3.63, 3.8) is 0 Å². The van der Waals surface area contributed by atoms with Gasteiger partial charge in [0.05, 0.1) is 32.3 Å². The van der Waals surface area contributed by atoms with E-state index in [9.17, 15) is 9.59 Å². The second-order valence-corrected chi connectivity index (χ2v) is 14.7. The van der Waals surface area contributed by atoms with E-state index >= 15 is 0 Å². The van der Waals surface area contributed by atoms with Crippen LogP contribution < -0.4 is 0 Å². The average Bonchev–Trinajstić information content (AvgIpc) is 3.44. The molecule has 1 aliphatic heterocycles. The van der Waals surface area contributed by atoms with Gasteiger partial charge in [0.15, 0.2) is 8.38 Å². The van der Waals surface area contributed by atoms with E-state index in [1.807, 2.05) is 4.90 Å². The fourth-order valence-electron chi connectivity index (χ4n) is 6.09. The fraction of sp³-hybridized carbons (Fsp3) is 0.914. The molecule has 1 heterocycles. The molecule has 8 heteroatoms. The molecule has 43 heavy (non-hydrogen) atoms. The van der Waals surface area contributed by atoms with E-state index in [1.165, 1.54) is 84.2 Å². The molecule has 0 aromatic carbocycles. The van der Waals surface area contributed by atoms with Gasteiger partial charge in [0.2, 0.25) is 5.91 Å². The molecular weight excluding hydrogens is 559 g/mol. The molecule has 0 aliphatic carbocycles. The normalized spacial score (nSPS) is 15.9. The number of esters is 1. The number of methoxy groups -OCH3 is 1. The summed E-state index contributed by atoms with van der Waals surface area (Å²) < 4.78 is 17.3. The average molecular weight is 625 g/mol. The highest BCUT2D eigenvalue weighted by atomic mass is 31.2. The summed E-state index contributed by atoms with van der Waals surface area (Å²) in [5.41, 5.74) is 0.316. The highest BCUT2D eigenvalue weighted by Crippen LogP contribution is 2.52. The van der Waals surface area contributed by atoms with E-state index in [2.05, 4.69) is 38.5 Å². The lowest BCUT2D eigenvalue weighted by Gasteiger charge is -2.33. The van der Waals surface area contributed by atoms with E-state index in [4.69, 9.17) is 14.3 Å². The van der Waals surface area contributed by atoms with Crippen LogP contribution in [0, 0.1) is 23.2 Å². The topological polar surface area (TPSA) is 88.9 Å². The van der Waals surface area contributed by atoms with Crippen LogP contribution in [-0.2, 0) is 23.4 Å². The first-order chi connectivity index (χ1) is 20.8. The van der Waals surface area contributed by atoms with Crippen LogP contribution in [0.2, 0.25) is 0 Å². The maximum atomic E-state index is 12.8. The third kappa shape index (κ3) is 19.7. The summed E-state index contributed by atoms with van der Waals surface area (Å²) in [6.45, 7) is 10.7. The van der Waals surface area contributed by atoms with Crippen molar-refractivity contribution in [3.05, 3.63) is 0 Å².